The molecule has 0 bridgehead atoms. The smallest absolute Gasteiger partial charge is 0.340 e. The van der Waals surface area contributed by atoms with E-state index in [1.54, 1.807) is 18.2 Å². The minimum atomic E-state index is -1.21. The Labute approximate surface area is 89.8 Å². The maximum Gasteiger partial charge on any atom is 0.340 e. The van der Waals surface area contributed by atoms with Gasteiger partial charge in [0.1, 0.15) is 11.3 Å². The van der Waals surface area contributed by atoms with E-state index in [2.05, 4.69) is 4.98 Å². The summed E-state index contributed by atoms with van der Waals surface area (Å²) in [7, 11) is 0. The summed E-state index contributed by atoms with van der Waals surface area (Å²) >= 11 is 5.85. The molecular formula is C10H6ClNO3. The summed E-state index contributed by atoms with van der Waals surface area (Å²) in [5.41, 5.74) is 0.192. The van der Waals surface area contributed by atoms with E-state index in [0.29, 0.717) is 15.9 Å². The van der Waals surface area contributed by atoms with Crippen LogP contribution in [0.15, 0.2) is 24.4 Å². The average Bonchev–Trinajstić information content (AvgIpc) is 2.17. The molecule has 0 unspecified atom stereocenters. The Morgan fingerprint density at radius 3 is 2.80 bits per heavy atom. The zero-order chi connectivity index (χ0) is 11.0. The Morgan fingerprint density at radius 1 is 1.40 bits per heavy atom. The van der Waals surface area contributed by atoms with Gasteiger partial charge in [-0.05, 0) is 6.07 Å². The third-order valence-corrected chi connectivity index (χ3v) is 2.35. The van der Waals surface area contributed by atoms with E-state index in [0.717, 1.165) is 6.20 Å². The van der Waals surface area contributed by atoms with Gasteiger partial charge < -0.3 is 10.2 Å². The van der Waals surface area contributed by atoms with E-state index in [-0.39, 0.29) is 11.3 Å². The van der Waals surface area contributed by atoms with Gasteiger partial charge >= 0.3 is 5.97 Å². The Morgan fingerprint density at radius 2 is 2.13 bits per heavy atom. The van der Waals surface area contributed by atoms with Crippen LogP contribution in [-0.2, 0) is 0 Å². The fourth-order valence-electron chi connectivity index (χ4n) is 1.40. The Bertz CT molecular complexity index is 554. The minimum absolute atomic E-state index is 0.178. The molecule has 0 saturated carbocycles. The van der Waals surface area contributed by atoms with Crippen molar-refractivity contribution in [3.63, 3.8) is 0 Å². The van der Waals surface area contributed by atoms with Crippen LogP contribution >= 0.6 is 11.6 Å². The number of nitrogens with zero attached hydrogens (tertiary/aromatic N) is 1. The quantitative estimate of drug-likeness (QED) is 0.778. The summed E-state index contributed by atoms with van der Waals surface area (Å²) in [6.07, 6.45) is 1.08. The molecule has 0 aliphatic heterocycles. The van der Waals surface area contributed by atoms with Crippen molar-refractivity contribution in [1.82, 2.24) is 4.98 Å². The second-order valence-electron chi connectivity index (χ2n) is 2.96. The lowest BCUT2D eigenvalue weighted by atomic mass is 10.1. The monoisotopic (exact) mass is 223 g/mol. The first-order valence-electron chi connectivity index (χ1n) is 4.10. The number of halogens is 1. The molecule has 1 aromatic carbocycles. The molecule has 0 spiro atoms. The summed E-state index contributed by atoms with van der Waals surface area (Å²) in [6.45, 7) is 0. The summed E-state index contributed by atoms with van der Waals surface area (Å²) in [6, 6.07) is 4.77. The van der Waals surface area contributed by atoms with Crippen LogP contribution in [0.5, 0.6) is 5.75 Å². The molecule has 0 radical (unpaired) electrons. The van der Waals surface area contributed by atoms with Gasteiger partial charge in [0.15, 0.2) is 0 Å². The fraction of sp³-hybridized carbons (Fsp3) is 0. The van der Waals surface area contributed by atoms with Crippen LogP contribution in [0.25, 0.3) is 10.9 Å². The normalized spacial score (nSPS) is 10.5. The summed E-state index contributed by atoms with van der Waals surface area (Å²) < 4.78 is 0. The van der Waals surface area contributed by atoms with Crippen molar-refractivity contribution in [3.05, 3.63) is 35.0 Å². The molecule has 0 atom stereocenters. The highest BCUT2D eigenvalue weighted by molar-refractivity contribution is 6.35. The molecule has 1 heterocycles. The van der Waals surface area contributed by atoms with Gasteiger partial charge in [-0.3, -0.25) is 4.98 Å². The van der Waals surface area contributed by atoms with Gasteiger partial charge in [-0.25, -0.2) is 4.79 Å². The van der Waals surface area contributed by atoms with Crippen molar-refractivity contribution in [1.29, 1.82) is 0 Å². The molecule has 0 amide bonds. The number of carboxylic acid groups (broad SMARTS) is 1. The van der Waals surface area contributed by atoms with Gasteiger partial charge in [-0.15, -0.1) is 0 Å². The molecule has 2 N–H and O–H groups in total. The maximum absolute atomic E-state index is 10.9. The summed E-state index contributed by atoms with van der Waals surface area (Å²) in [4.78, 5) is 14.8. The van der Waals surface area contributed by atoms with Crippen molar-refractivity contribution >= 4 is 28.5 Å². The summed E-state index contributed by atoms with van der Waals surface area (Å²) in [5.74, 6) is -1.57. The van der Waals surface area contributed by atoms with E-state index in [1.165, 1.54) is 0 Å². The number of para-hydroxylation sites is 1. The summed E-state index contributed by atoms with van der Waals surface area (Å²) in [5, 5.41) is 19.0. The molecule has 2 aromatic rings. The van der Waals surface area contributed by atoms with Crippen LogP contribution in [0, 0.1) is 0 Å². The highest BCUT2D eigenvalue weighted by Gasteiger charge is 2.15. The van der Waals surface area contributed by atoms with Crippen LogP contribution in [0.4, 0.5) is 0 Å². The first-order valence-corrected chi connectivity index (χ1v) is 4.48. The second kappa shape index (κ2) is 3.40. The predicted octanol–water partition coefficient (Wildman–Crippen LogP) is 2.29. The molecular weight excluding hydrogens is 218 g/mol. The molecule has 1 aromatic heterocycles. The molecule has 0 aliphatic carbocycles. The minimum Gasteiger partial charge on any atom is -0.505 e. The number of hydrogen-bond donors (Lipinski definition) is 2. The number of aromatic nitrogens is 1. The van der Waals surface area contributed by atoms with Gasteiger partial charge in [0, 0.05) is 5.39 Å². The van der Waals surface area contributed by atoms with Gasteiger partial charge in [0.05, 0.1) is 16.7 Å². The number of fused-ring (bicyclic) bond motifs is 1. The zero-order valence-electron chi connectivity index (χ0n) is 7.44. The zero-order valence-corrected chi connectivity index (χ0v) is 8.19. The van der Waals surface area contributed by atoms with Crippen LogP contribution in [0.3, 0.4) is 0 Å². The van der Waals surface area contributed by atoms with Gasteiger partial charge in [0.2, 0.25) is 0 Å². The molecule has 4 nitrogen and oxygen atoms in total. The van der Waals surface area contributed by atoms with Crippen LogP contribution in [-0.4, -0.2) is 21.2 Å². The lowest BCUT2D eigenvalue weighted by molar-refractivity contribution is 0.0696. The highest BCUT2D eigenvalue weighted by atomic mass is 35.5. The molecule has 0 fully saturated rings. The maximum atomic E-state index is 10.9. The van der Waals surface area contributed by atoms with Crippen molar-refractivity contribution in [2.75, 3.05) is 0 Å². The number of rotatable bonds is 1. The molecule has 2 rings (SSSR count). The first-order chi connectivity index (χ1) is 7.11. The van der Waals surface area contributed by atoms with Crippen molar-refractivity contribution in [2.24, 2.45) is 0 Å². The number of hydrogen-bond acceptors (Lipinski definition) is 3. The van der Waals surface area contributed by atoms with E-state index < -0.39 is 5.97 Å². The van der Waals surface area contributed by atoms with E-state index in [4.69, 9.17) is 16.7 Å². The van der Waals surface area contributed by atoms with Crippen molar-refractivity contribution in [3.8, 4) is 5.75 Å². The van der Waals surface area contributed by atoms with Gasteiger partial charge in [0.25, 0.3) is 0 Å². The number of pyridine rings is 1. The Kier molecular flexibility index (Phi) is 2.21. The van der Waals surface area contributed by atoms with E-state index in [9.17, 15) is 9.90 Å². The third kappa shape index (κ3) is 1.49. The number of benzene rings is 1. The van der Waals surface area contributed by atoms with Gasteiger partial charge in [-0.1, -0.05) is 23.7 Å². The topological polar surface area (TPSA) is 70.4 Å². The number of aromatic hydroxyl groups is 1. The van der Waals surface area contributed by atoms with Crippen LogP contribution in [0.2, 0.25) is 5.02 Å². The van der Waals surface area contributed by atoms with Gasteiger partial charge in [-0.2, -0.15) is 0 Å². The van der Waals surface area contributed by atoms with E-state index in [1.807, 2.05) is 0 Å². The van der Waals surface area contributed by atoms with E-state index >= 15 is 0 Å². The second-order valence-corrected chi connectivity index (χ2v) is 3.37. The SMILES string of the molecule is O=C(O)c1c(O)cnc2c(Cl)cccc12. The first kappa shape index (κ1) is 9.73. The highest BCUT2D eigenvalue weighted by Crippen LogP contribution is 2.29. The van der Waals surface area contributed by atoms with Crippen LogP contribution < -0.4 is 0 Å². The lowest BCUT2D eigenvalue weighted by Crippen LogP contribution is -1.99. The fourth-order valence-corrected chi connectivity index (χ4v) is 1.62. The number of carbonyl (C=O) groups is 1. The molecule has 0 aliphatic rings. The predicted molar refractivity (Wildman–Crippen MR) is 55.4 cm³/mol. The Balaban J connectivity index is 2.94. The number of carboxylic acids is 1. The van der Waals surface area contributed by atoms with Crippen molar-refractivity contribution in [2.45, 2.75) is 0 Å². The molecule has 0 saturated heterocycles. The lowest BCUT2D eigenvalue weighted by Gasteiger charge is -2.04. The van der Waals surface area contributed by atoms with Crippen LogP contribution in [0.1, 0.15) is 10.4 Å². The largest absolute Gasteiger partial charge is 0.505 e. The standard InChI is InChI=1S/C10H6ClNO3/c11-6-3-1-2-5-8(10(14)15)7(13)4-12-9(5)6/h1-4,13H,(H,14,15). The molecule has 15 heavy (non-hydrogen) atoms. The molecule has 5 heteroatoms. The number of aromatic carboxylic acids is 1. The third-order valence-electron chi connectivity index (χ3n) is 2.04. The average molecular weight is 224 g/mol. The Hall–Kier alpha value is -1.81. The molecule has 76 valence electrons. The van der Waals surface area contributed by atoms with Crippen molar-refractivity contribution < 1.29 is 15.0 Å².